The number of ether oxygens (including phenoxy) is 1. The molecule has 0 radical (unpaired) electrons. The van der Waals surface area contributed by atoms with Crippen LogP contribution in [0.15, 0.2) is 34.7 Å². The zero-order valence-electron chi connectivity index (χ0n) is 8.86. The first-order valence-electron chi connectivity index (χ1n) is 4.82. The third-order valence-electron chi connectivity index (χ3n) is 2.19. The van der Waals surface area contributed by atoms with Gasteiger partial charge in [0.05, 0.1) is 5.69 Å². The van der Waals surface area contributed by atoms with Crippen molar-refractivity contribution in [2.75, 3.05) is 7.11 Å². The van der Waals surface area contributed by atoms with Gasteiger partial charge in [-0.15, -0.1) is 0 Å². The molecule has 0 saturated heterocycles. The molecule has 0 saturated carbocycles. The largest absolute Gasteiger partial charge is 0.438 e. The number of rotatable bonds is 3. The number of aromatic nitrogens is 1. The summed E-state index contributed by atoms with van der Waals surface area (Å²) in [7, 11) is 1.64. The van der Waals surface area contributed by atoms with Crippen LogP contribution in [-0.4, -0.2) is 12.1 Å². The molecule has 0 amide bonds. The minimum atomic E-state index is 0.464. The van der Waals surface area contributed by atoms with Crippen LogP contribution >= 0.6 is 0 Å². The van der Waals surface area contributed by atoms with Crippen molar-refractivity contribution in [3.8, 4) is 11.5 Å². The Labute approximate surface area is 88.7 Å². The topological polar surface area (TPSA) is 35.3 Å². The third kappa shape index (κ3) is 2.07. The molecule has 78 valence electrons. The standard InChI is InChI=1S/C12H13NO2/c1-9-11(8-14-2)15-12(13-9)10-6-4-3-5-7-10/h3-7H,8H2,1-2H3. The number of methoxy groups -OCH3 is 1. The van der Waals surface area contributed by atoms with E-state index in [4.69, 9.17) is 9.15 Å². The second kappa shape index (κ2) is 4.28. The summed E-state index contributed by atoms with van der Waals surface area (Å²) in [5.74, 6) is 1.44. The maximum Gasteiger partial charge on any atom is 0.226 e. The average Bonchev–Trinajstić information content (AvgIpc) is 2.63. The number of benzene rings is 1. The molecule has 2 aromatic rings. The first-order chi connectivity index (χ1) is 7.31. The van der Waals surface area contributed by atoms with Crippen molar-refractivity contribution < 1.29 is 9.15 Å². The summed E-state index contributed by atoms with van der Waals surface area (Å²) in [4.78, 5) is 4.35. The van der Waals surface area contributed by atoms with E-state index in [0.29, 0.717) is 12.5 Å². The minimum Gasteiger partial charge on any atom is -0.438 e. The first kappa shape index (κ1) is 9.93. The van der Waals surface area contributed by atoms with Crippen molar-refractivity contribution >= 4 is 0 Å². The predicted molar refractivity (Wildman–Crippen MR) is 57.4 cm³/mol. The van der Waals surface area contributed by atoms with Crippen LogP contribution in [0.1, 0.15) is 11.5 Å². The summed E-state index contributed by atoms with van der Waals surface area (Å²) in [6, 6.07) is 9.84. The van der Waals surface area contributed by atoms with Gasteiger partial charge >= 0.3 is 0 Å². The van der Waals surface area contributed by atoms with E-state index in [1.165, 1.54) is 0 Å². The van der Waals surface area contributed by atoms with E-state index in [1.54, 1.807) is 7.11 Å². The van der Waals surface area contributed by atoms with Crippen LogP contribution in [0.2, 0.25) is 0 Å². The molecule has 0 aliphatic rings. The molecule has 3 heteroatoms. The Morgan fingerprint density at radius 1 is 1.27 bits per heavy atom. The van der Waals surface area contributed by atoms with Gasteiger partial charge in [-0.25, -0.2) is 4.98 Å². The Morgan fingerprint density at radius 2 is 2.00 bits per heavy atom. The van der Waals surface area contributed by atoms with Gasteiger partial charge in [0.15, 0.2) is 5.76 Å². The number of nitrogens with zero attached hydrogens (tertiary/aromatic N) is 1. The molecule has 0 N–H and O–H groups in total. The summed E-state index contributed by atoms with van der Waals surface area (Å²) in [5.41, 5.74) is 1.87. The summed E-state index contributed by atoms with van der Waals surface area (Å²) in [5, 5.41) is 0. The number of hydrogen-bond donors (Lipinski definition) is 0. The van der Waals surface area contributed by atoms with Gasteiger partial charge in [-0.1, -0.05) is 18.2 Å². The molecule has 0 fully saturated rings. The highest BCUT2D eigenvalue weighted by atomic mass is 16.5. The Hall–Kier alpha value is -1.61. The molecule has 0 aliphatic heterocycles. The van der Waals surface area contributed by atoms with Crippen LogP contribution < -0.4 is 0 Å². The summed E-state index contributed by atoms with van der Waals surface area (Å²) in [6.45, 7) is 2.38. The van der Waals surface area contributed by atoms with E-state index in [-0.39, 0.29) is 0 Å². The van der Waals surface area contributed by atoms with Crippen molar-refractivity contribution in [2.45, 2.75) is 13.5 Å². The molecule has 1 aromatic heterocycles. The maximum atomic E-state index is 5.60. The van der Waals surface area contributed by atoms with Gasteiger partial charge < -0.3 is 9.15 Å². The lowest BCUT2D eigenvalue weighted by atomic mass is 10.2. The van der Waals surface area contributed by atoms with Gasteiger partial charge in [0.1, 0.15) is 6.61 Å². The average molecular weight is 203 g/mol. The Morgan fingerprint density at radius 3 is 2.67 bits per heavy atom. The normalized spacial score (nSPS) is 10.5. The maximum absolute atomic E-state index is 5.60. The lowest BCUT2D eigenvalue weighted by molar-refractivity contribution is 0.164. The molecule has 0 spiro atoms. The van der Waals surface area contributed by atoms with Crippen LogP contribution in [0, 0.1) is 6.92 Å². The van der Waals surface area contributed by atoms with Crippen molar-refractivity contribution in [1.82, 2.24) is 4.98 Å². The summed E-state index contributed by atoms with van der Waals surface area (Å²) >= 11 is 0. The van der Waals surface area contributed by atoms with Crippen LogP contribution in [0.25, 0.3) is 11.5 Å². The molecular weight excluding hydrogens is 190 g/mol. The zero-order valence-corrected chi connectivity index (χ0v) is 8.86. The Balaban J connectivity index is 2.34. The molecular formula is C12H13NO2. The number of hydrogen-bond acceptors (Lipinski definition) is 3. The first-order valence-corrected chi connectivity index (χ1v) is 4.82. The summed E-state index contributed by atoms with van der Waals surface area (Å²) < 4.78 is 10.6. The third-order valence-corrected chi connectivity index (χ3v) is 2.19. The van der Waals surface area contributed by atoms with Crippen LogP contribution in [0.3, 0.4) is 0 Å². The van der Waals surface area contributed by atoms with E-state index >= 15 is 0 Å². The monoisotopic (exact) mass is 203 g/mol. The second-order valence-corrected chi connectivity index (χ2v) is 3.33. The van der Waals surface area contributed by atoms with Gasteiger partial charge in [-0.05, 0) is 19.1 Å². The van der Waals surface area contributed by atoms with E-state index in [1.807, 2.05) is 37.3 Å². The van der Waals surface area contributed by atoms with E-state index in [0.717, 1.165) is 17.0 Å². The summed E-state index contributed by atoms with van der Waals surface area (Å²) in [6.07, 6.45) is 0. The van der Waals surface area contributed by atoms with Crippen LogP contribution in [-0.2, 0) is 11.3 Å². The zero-order chi connectivity index (χ0) is 10.7. The van der Waals surface area contributed by atoms with Gasteiger partial charge in [-0.3, -0.25) is 0 Å². The van der Waals surface area contributed by atoms with Gasteiger partial charge in [0.25, 0.3) is 0 Å². The molecule has 0 aliphatic carbocycles. The second-order valence-electron chi connectivity index (χ2n) is 3.33. The quantitative estimate of drug-likeness (QED) is 0.769. The molecule has 2 rings (SSSR count). The smallest absolute Gasteiger partial charge is 0.226 e. The Kier molecular flexibility index (Phi) is 2.83. The molecule has 3 nitrogen and oxygen atoms in total. The van der Waals surface area contributed by atoms with E-state index in [2.05, 4.69) is 4.98 Å². The van der Waals surface area contributed by atoms with Crippen molar-refractivity contribution in [2.24, 2.45) is 0 Å². The van der Waals surface area contributed by atoms with Crippen LogP contribution in [0.4, 0.5) is 0 Å². The van der Waals surface area contributed by atoms with Crippen molar-refractivity contribution in [1.29, 1.82) is 0 Å². The van der Waals surface area contributed by atoms with Crippen molar-refractivity contribution in [3.63, 3.8) is 0 Å². The highest BCUT2D eigenvalue weighted by Gasteiger charge is 2.10. The van der Waals surface area contributed by atoms with Crippen molar-refractivity contribution in [3.05, 3.63) is 41.8 Å². The van der Waals surface area contributed by atoms with Gasteiger partial charge in [0, 0.05) is 12.7 Å². The minimum absolute atomic E-state index is 0.464. The highest BCUT2D eigenvalue weighted by Crippen LogP contribution is 2.21. The molecule has 15 heavy (non-hydrogen) atoms. The fourth-order valence-electron chi connectivity index (χ4n) is 1.40. The molecule has 0 unspecified atom stereocenters. The van der Waals surface area contributed by atoms with E-state index in [9.17, 15) is 0 Å². The number of oxazole rings is 1. The van der Waals surface area contributed by atoms with Gasteiger partial charge in [-0.2, -0.15) is 0 Å². The number of aryl methyl sites for hydroxylation is 1. The fraction of sp³-hybridized carbons (Fsp3) is 0.250. The fourth-order valence-corrected chi connectivity index (χ4v) is 1.40. The van der Waals surface area contributed by atoms with E-state index < -0.39 is 0 Å². The molecule has 0 atom stereocenters. The molecule has 1 aromatic carbocycles. The highest BCUT2D eigenvalue weighted by molar-refractivity contribution is 5.53. The predicted octanol–water partition coefficient (Wildman–Crippen LogP) is 2.80. The van der Waals surface area contributed by atoms with Crippen LogP contribution in [0.5, 0.6) is 0 Å². The lowest BCUT2D eigenvalue weighted by Crippen LogP contribution is -1.86. The molecule has 1 heterocycles. The van der Waals surface area contributed by atoms with Gasteiger partial charge in [0.2, 0.25) is 5.89 Å². The Bertz CT molecular complexity index is 434. The lowest BCUT2D eigenvalue weighted by Gasteiger charge is -1.94. The SMILES string of the molecule is COCc1oc(-c2ccccc2)nc1C. The molecule has 0 bridgehead atoms.